The lowest BCUT2D eigenvalue weighted by atomic mass is 10.1. The summed E-state index contributed by atoms with van der Waals surface area (Å²) < 4.78 is 17.0. The predicted molar refractivity (Wildman–Crippen MR) is 105 cm³/mol. The van der Waals surface area contributed by atoms with Gasteiger partial charge in [0.15, 0.2) is 11.3 Å². The van der Waals surface area contributed by atoms with Crippen molar-refractivity contribution < 1.29 is 4.39 Å². The smallest absolute Gasteiger partial charge is 0.162 e. The maximum Gasteiger partial charge on any atom is 0.162 e. The summed E-state index contributed by atoms with van der Waals surface area (Å²) >= 11 is 11.8. The van der Waals surface area contributed by atoms with E-state index in [1.54, 1.807) is 18.5 Å². The van der Waals surface area contributed by atoms with Crippen molar-refractivity contribution in [1.29, 1.82) is 5.26 Å². The van der Waals surface area contributed by atoms with E-state index in [2.05, 4.69) is 21.1 Å². The van der Waals surface area contributed by atoms with Crippen LogP contribution in [0.15, 0.2) is 42.9 Å². The second-order valence-corrected chi connectivity index (χ2v) is 6.84. The van der Waals surface area contributed by atoms with Gasteiger partial charge in [-0.15, -0.1) is 11.6 Å². The lowest BCUT2D eigenvalue weighted by Crippen LogP contribution is -2.04. The van der Waals surface area contributed by atoms with Gasteiger partial charge in [0.25, 0.3) is 0 Å². The summed E-state index contributed by atoms with van der Waals surface area (Å²) in [5.41, 5.74) is 3.51. The average molecular weight is 415 g/mol. The zero-order chi connectivity index (χ0) is 19.7. The molecule has 6 nitrogen and oxygen atoms in total. The summed E-state index contributed by atoms with van der Waals surface area (Å²) in [5.74, 6) is 0.00666. The molecule has 0 saturated carbocycles. The monoisotopic (exact) mass is 414 g/mol. The number of imidazole rings is 2. The minimum Gasteiger partial charge on any atom is -0.329 e. The van der Waals surface area contributed by atoms with Gasteiger partial charge >= 0.3 is 0 Å². The molecule has 1 aromatic carbocycles. The molecule has 0 aliphatic rings. The second kappa shape index (κ2) is 7.58. The fourth-order valence-corrected chi connectivity index (χ4v) is 3.28. The second-order valence-electron chi connectivity index (χ2n) is 6.05. The topological polar surface area (TPSA) is 71.8 Å². The van der Waals surface area contributed by atoms with Crippen molar-refractivity contribution in [1.82, 2.24) is 24.1 Å². The minimum atomic E-state index is -0.495. The van der Waals surface area contributed by atoms with E-state index < -0.39 is 5.82 Å². The van der Waals surface area contributed by atoms with Crippen LogP contribution in [0.5, 0.6) is 0 Å². The molecule has 9 heteroatoms. The van der Waals surface area contributed by atoms with Crippen LogP contribution in [-0.4, -0.2) is 30.0 Å². The SMILES string of the molecule is N#Cc1cnc2ccc(-c3c(-c4ccc(F)c(Cl)c4)ncn3CCCCl)nn12. The van der Waals surface area contributed by atoms with E-state index in [4.69, 9.17) is 23.2 Å². The first-order valence-corrected chi connectivity index (χ1v) is 9.35. The van der Waals surface area contributed by atoms with Crippen molar-refractivity contribution in [2.75, 3.05) is 5.88 Å². The first-order valence-electron chi connectivity index (χ1n) is 8.44. The molecule has 0 fully saturated rings. The van der Waals surface area contributed by atoms with Gasteiger partial charge in [-0.05, 0) is 36.8 Å². The van der Waals surface area contributed by atoms with Crippen LogP contribution in [-0.2, 0) is 6.54 Å². The Labute approximate surface area is 169 Å². The fraction of sp³-hybridized carbons (Fsp3) is 0.158. The van der Waals surface area contributed by atoms with Crippen LogP contribution in [0, 0.1) is 17.1 Å². The molecule has 0 bridgehead atoms. The highest BCUT2D eigenvalue weighted by Gasteiger charge is 2.18. The molecule has 0 spiro atoms. The Bertz CT molecular complexity index is 1210. The molecular weight excluding hydrogens is 402 g/mol. The van der Waals surface area contributed by atoms with Gasteiger partial charge in [-0.3, -0.25) is 0 Å². The quantitative estimate of drug-likeness (QED) is 0.449. The molecular formula is C19H13Cl2FN6. The first-order chi connectivity index (χ1) is 13.6. The van der Waals surface area contributed by atoms with E-state index in [1.807, 2.05) is 10.6 Å². The Morgan fingerprint density at radius 2 is 2.04 bits per heavy atom. The van der Waals surface area contributed by atoms with Crippen LogP contribution in [0.4, 0.5) is 4.39 Å². The first kappa shape index (κ1) is 18.4. The molecule has 0 amide bonds. The number of hydrogen-bond donors (Lipinski definition) is 0. The molecule has 3 heterocycles. The maximum absolute atomic E-state index is 13.6. The third-order valence-corrected chi connectivity index (χ3v) is 4.84. The third-order valence-electron chi connectivity index (χ3n) is 4.28. The Hall–Kier alpha value is -2.95. The number of rotatable bonds is 5. The molecule has 0 unspecified atom stereocenters. The molecule has 140 valence electrons. The number of halogens is 3. The summed E-state index contributed by atoms with van der Waals surface area (Å²) in [6.45, 7) is 0.634. The van der Waals surface area contributed by atoms with Crippen molar-refractivity contribution in [2.45, 2.75) is 13.0 Å². The Kier molecular flexibility index (Phi) is 4.99. The van der Waals surface area contributed by atoms with Gasteiger partial charge < -0.3 is 4.57 Å². The molecule has 0 aliphatic heterocycles. The molecule has 4 aromatic rings. The number of nitriles is 1. The lowest BCUT2D eigenvalue weighted by molar-refractivity contribution is 0.628. The van der Waals surface area contributed by atoms with Gasteiger partial charge in [0.2, 0.25) is 0 Å². The molecule has 0 saturated heterocycles. The van der Waals surface area contributed by atoms with E-state index in [0.29, 0.717) is 40.7 Å². The molecule has 28 heavy (non-hydrogen) atoms. The number of hydrogen-bond acceptors (Lipinski definition) is 4. The molecule has 0 radical (unpaired) electrons. The average Bonchev–Trinajstić information content (AvgIpc) is 3.31. The Morgan fingerprint density at radius 1 is 1.18 bits per heavy atom. The highest BCUT2D eigenvalue weighted by molar-refractivity contribution is 6.31. The maximum atomic E-state index is 13.6. The number of aromatic nitrogens is 5. The molecule has 0 atom stereocenters. The number of alkyl halides is 1. The van der Waals surface area contributed by atoms with Gasteiger partial charge in [0.1, 0.15) is 17.6 Å². The van der Waals surface area contributed by atoms with Gasteiger partial charge in [-0.1, -0.05) is 11.6 Å². The summed E-state index contributed by atoms with van der Waals surface area (Å²) in [6.07, 6.45) is 3.91. The number of nitrogens with zero attached hydrogens (tertiary/aromatic N) is 6. The van der Waals surface area contributed by atoms with Gasteiger partial charge in [0.05, 0.1) is 28.9 Å². The predicted octanol–water partition coefficient (Wildman–Crippen LogP) is 4.55. The highest BCUT2D eigenvalue weighted by Crippen LogP contribution is 2.32. The van der Waals surface area contributed by atoms with Gasteiger partial charge in [-0.25, -0.2) is 18.9 Å². The van der Waals surface area contributed by atoms with Crippen LogP contribution in [0.25, 0.3) is 28.3 Å². The van der Waals surface area contributed by atoms with E-state index >= 15 is 0 Å². The van der Waals surface area contributed by atoms with Crippen LogP contribution < -0.4 is 0 Å². The number of fused-ring (bicyclic) bond motifs is 1. The van der Waals surface area contributed by atoms with Crippen LogP contribution in [0.3, 0.4) is 0 Å². The third kappa shape index (κ3) is 3.21. The normalized spacial score (nSPS) is 11.1. The van der Waals surface area contributed by atoms with Crippen molar-refractivity contribution in [3.8, 4) is 28.7 Å². The molecule has 0 aliphatic carbocycles. The largest absolute Gasteiger partial charge is 0.329 e. The number of benzene rings is 1. The van der Waals surface area contributed by atoms with Crippen LogP contribution in [0.2, 0.25) is 5.02 Å². The van der Waals surface area contributed by atoms with Crippen molar-refractivity contribution in [2.24, 2.45) is 0 Å². The van der Waals surface area contributed by atoms with Gasteiger partial charge in [-0.2, -0.15) is 10.4 Å². The van der Waals surface area contributed by atoms with Crippen molar-refractivity contribution in [3.05, 3.63) is 59.4 Å². The zero-order valence-electron chi connectivity index (χ0n) is 14.5. The molecule has 4 rings (SSSR count). The zero-order valence-corrected chi connectivity index (χ0v) is 16.0. The van der Waals surface area contributed by atoms with E-state index in [-0.39, 0.29) is 5.02 Å². The van der Waals surface area contributed by atoms with E-state index in [0.717, 1.165) is 12.1 Å². The summed E-state index contributed by atoms with van der Waals surface area (Å²) in [6, 6.07) is 10.1. The minimum absolute atomic E-state index is 0.0172. The summed E-state index contributed by atoms with van der Waals surface area (Å²) in [7, 11) is 0. The standard InChI is InChI=1S/C19H13Cl2FN6/c20-6-1-7-27-11-25-18(12-2-3-15(22)14(21)8-12)19(27)16-4-5-17-24-10-13(9-23)28(17)26-16/h2-5,8,10-11H,1,6-7H2. The van der Waals surface area contributed by atoms with E-state index in [9.17, 15) is 9.65 Å². The fourth-order valence-electron chi connectivity index (χ4n) is 2.98. The lowest BCUT2D eigenvalue weighted by Gasteiger charge is -2.10. The van der Waals surface area contributed by atoms with Crippen molar-refractivity contribution >= 4 is 28.8 Å². The van der Waals surface area contributed by atoms with Crippen LogP contribution >= 0.6 is 23.2 Å². The van der Waals surface area contributed by atoms with Crippen molar-refractivity contribution in [3.63, 3.8) is 0 Å². The van der Waals surface area contributed by atoms with Gasteiger partial charge in [0, 0.05) is 18.0 Å². The Balaban J connectivity index is 1.92. The summed E-state index contributed by atoms with van der Waals surface area (Å²) in [5, 5.41) is 13.9. The van der Waals surface area contributed by atoms with E-state index in [1.165, 1.54) is 22.8 Å². The molecule has 3 aromatic heterocycles. The van der Waals surface area contributed by atoms with Crippen LogP contribution in [0.1, 0.15) is 12.1 Å². The summed E-state index contributed by atoms with van der Waals surface area (Å²) in [4.78, 5) is 8.67. The highest BCUT2D eigenvalue weighted by atomic mass is 35.5. The Morgan fingerprint density at radius 3 is 2.79 bits per heavy atom. The number of aryl methyl sites for hydroxylation is 1. The molecule has 0 N–H and O–H groups in total.